The molecule has 2 nitrogen and oxygen atoms in total. The standard InChI is InChI=1S/C16H18ClFN2/c1-19-10-13(8-12-2-4-15(18)5-3-12)9-14-6-7-20-11-16(14)17/h2-7,11,13,19H,8-10H2,1H3. The van der Waals surface area contributed by atoms with Gasteiger partial charge in [0.1, 0.15) is 5.82 Å². The molecule has 106 valence electrons. The van der Waals surface area contributed by atoms with Crippen LogP contribution < -0.4 is 5.32 Å². The first-order valence-corrected chi connectivity index (χ1v) is 7.04. The molecular formula is C16H18ClFN2. The van der Waals surface area contributed by atoms with E-state index < -0.39 is 0 Å². The van der Waals surface area contributed by atoms with E-state index in [-0.39, 0.29) is 5.82 Å². The average molecular weight is 293 g/mol. The first kappa shape index (κ1) is 14.9. The van der Waals surface area contributed by atoms with E-state index in [1.54, 1.807) is 12.4 Å². The number of aromatic nitrogens is 1. The molecule has 0 saturated carbocycles. The first-order chi connectivity index (χ1) is 9.69. The topological polar surface area (TPSA) is 24.9 Å². The van der Waals surface area contributed by atoms with E-state index >= 15 is 0 Å². The van der Waals surface area contributed by atoms with Gasteiger partial charge in [0.2, 0.25) is 0 Å². The van der Waals surface area contributed by atoms with Crippen molar-refractivity contribution in [2.24, 2.45) is 5.92 Å². The van der Waals surface area contributed by atoms with Crippen LogP contribution in [0.3, 0.4) is 0 Å². The van der Waals surface area contributed by atoms with Gasteiger partial charge in [-0.15, -0.1) is 0 Å². The van der Waals surface area contributed by atoms with Crippen LogP contribution in [0.15, 0.2) is 42.7 Å². The Morgan fingerprint density at radius 2 is 1.95 bits per heavy atom. The SMILES string of the molecule is CNCC(Cc1ccc(F)cc1)Cc1ccncc1Cl. The van der Waals surface area contributed by atoms with Gasteiger partial charge in [0.05, 0.1) is 5.02 Å². The van der Waals surface area contributed by atoms with Crippen molar-refractivity contribution in [3.05, 3.63) is 64.7 Å². The Labute approximate surface area is 124 Å². The second kappa shape index (κ2) is 7.36. The molecule has 1 unspecified atom stereocenters. The zero-order chi connectivity index (χ0) is 14.4. The maximum atomic E-state index is 12.9. The molecule has 0 aliphatic rings. The molecule has 1 aromatic heterocycles. The molecule has 2 aromatic rings. The molecule has 1 aromatic carbocycles. The van der Waals surface area contributed by atoms with Crippen LogP contribution in [0, 0.1) is 11.7 Å². The molecule has 1 heterocycles. The van der Waals surface area contributed by atoms with Crippen LogP contribution in [0.4, 0.5) is 4.39 Å². The van der Waals surface area contributed by atoms with Crippen molar-refractivity contribution in [3.63, 3.8) is 0 Å². The Bertz CT molecular complexity index is 542. The predicted octanol–water partition coefficient (Wildman–Crippen LogP) is 3.49. The van der Waals surface area contributed by atoms with Crippen molar-refractivity contribution in [3.8, 4) is 0 Å². The summed E-state index contributed by atoms with van der Waals surface area (Å²) in [6.45, 7) is 0.885. The normalized spacial score (nSPS) is 12.3. The highest BCUT2D eigenvalue weighted by molar-refractivity contribution is 6.31. The van der Waals surface area contributed by atoms with E-state index in [1.165, 1.54) is 12.1 Å². The number of halogens is 2. The average Bonchev–Trinajstić information content (AvgIpc) is 2.44. The van der Waals surface area contributed by atoms with Gasteiger partial charge in [-0.05, 0) is 61.7 Å². The number of benzene rings is 1. The monoisotopic (exact) mass is 292 g/mol. The maximum Gasteiger partial charge on any atom is 0.123 e. The minimum atomic E-state index is -0.198. The summed E-state index contributed by atoms with van der Waals surface area (Å²) in [5, 5.41) is 3.91. The van der Waals surface area contributed by atoms with Crippen molar-refractivity contribution in [1.29, 1.82) is 0 Å². The summed E-state index contributed by atoms with van der Waals surface area (Å²) in [7, 11) is 1.94. The quantitative estimate of drug-likeness (QED) is 0.881. The van der Waals surface area contributed by atoms with E-state index in [1.807, 2.05) is 25.2 Å². The molecule has 0 radical (unpaired) electrons. The number of rotatable bonds is 6. The second-order valence-electron chi connectivity index (χ2n) is 4.93. The van der Waals surface area contributed by atoms with Crippen LogP contribution in [0.5, 0.6) is 0 Å². The molecule has 4 heteroatoms. The first-order valence-electron chi connectivity index (χ1n) is 6.66. The summed E-state index contributed by atoms with van der Waals surface area (Å²) < 4.78 is 12.9. The minimum Gasteiger partial charge on any atom is -0.319 e. The fourth-order valence-corrected chi connectivity index (χ4v) is 2.54. The van der Waals surface area contributed by atoms with Gasteiger partial charge in [-0.3, -0.25) is 4.98 Å². The lowest BCUT2D eigenvalue weighted by atomic mass is 9.93. The summed E-state index contributed by atoms with van der Waals surface area (Å²) in [5.74, 6) is 0.210. The van der Waals surface area contributed by atoms with E-state index in [9.17, 15) is 4.39 Å². The highest BCUT2D eigenvalue weighted by atomic mass is 35.5. The summed E-state index contributed by atoms with van der Waals surface area (Å²) in [6, 6.07) is 8.64. The maximum absolute atomic E-state index is 12.9. The van der Waals surface area contributed by atoms with E-state index in [0.29, 0.717) is 10.9 Å². The Morgan fingerprint density at radius 3 is 2.60 bits per heavy atom. The summed E-state index contributed by atoms with van der Waals surface area (Å²) in [6.07, 6.45) is 5.19. The summed E-state index contributed by atoms with van der Waals surface area (Å²) in [5.41, 5.74) is 2.24. The molecule has 0 bridgehead atoms. The number of pyridine rings is 1. The van der Waals surface area contributed by atoms with Gasteiger partial charge in [-0.2, -0.15) is 0 Å². The van der Waals surface area contributed by atoms with E-state index in [4.69, 9.17) is 11.6 Å². The molecule has 0 fully saturated rings. The molecule has 0 aliphatic heterocycles. The van der Waals surface area contributed by atoms with Crippen LogP contribution in [-0.2, 0) is 12.8 Å². The van der Waals surface area contributed by atoms with Crippen LogP contribution in [0.1, 0.15) is 11.1 Å². The van der Waals surface area contributed by atoms with Gasteiger partial charge < -0.3 is 5.32 Å². The Hall–Kier alpha value is -1.45. The van der Waals surface area contributed by atoms with Crippen LogP contribution >= 0.6 is 11.6 Å². The molecule has 0 saturated heterocycles. The summed E-state index contributed by atoms with van der Waals surface area (Å²) in [4.78, 5) is 4.00. The molecule has 1 N–H and O–H groups in total. The fraction of sp³-hybridized carbons (Fsp3) is 0.312. The Morgan fingerprint density at radius 1 is 1.20 bits per heavy atom. The largest absolute Gasteiger partial charge is 0.319 e. The lowest BCUT2D eigenvalue weighted by Crippen LogP contribution is -2.23. The fourth-order valence-electron chi connectivity index (χ4n) is 2.34. The highest BCUT2D eigenvalue weighted by Gasteiger charge is 2.12. The zero-order valence-corrected chi connectivity index (χ0v) is 12.2. The van der Waals surface area contributed by atoms with Crippen molar-refractivity contribution in [2.75, 3.05) is 13.6 Å². The highest BCUT2D eigenvalue weighted by Crippen LogP contribution is 2.20. The smallest absolute Gasteiger partial charge is 0.123 e. The molecule has 0 spiro atoms. The minimum absolute atomic E-state index is 0.198. The molecule has 0 amide bonds. The number of nitrogens with one attached hydrogen (secondary N) is 1. The van der Waals surface area contributed by atoms with Gasteiger partial charge in [-0.1, -0.05) is 23.7 Å². The number of hydrogen-bond donors (Lipinski definition) is 1. The second-order valence-corrected chi connectivity index (χ2v) is 5.33. The molecule has 1 atom stereocenters. The third-order valence-electron chi connectivity index (χ3n) is 3.30. The Balaban J connectivity index is 2.07. The molecule has 0 aliphatic carbocycles. The number of hydrogen-bond acceptors (Lipinski definition) is 2. The molecular weight excluding hydrogens is 275 g/mol. The van der Waals surface area contributed by atoms with Crippen LogP contribution in [-0.4, -0.2) is 18.6 Å². The van der Waals surface area contributed by atoms with Gasteiger partial charge in [0, 0.05) is 12.4 Å². The van der Waals surface area contributed by atoms with Crippen LogP contribution in [0.25, 0.3) is 0 Å². The van der Waals surface area contributed by atoms with Gasteiger partial charge >= 0.3 is 0 Å². The van der Waals surface area contributed by atoms with Crippen molar-refractivity contribution >= 4 is 11.6 Å². The van der Waals surface area contributed by atoms with Crippen molar-refractivity contribution < 1.29 is 4.39 Å². The van der Waals surface area contributed by atoms with Gasteiger partial charge in [0.15, 0.2) is 0 Å². The zero-order valence-electron chi connectivity index (χ0n) is 11.4. The van der Waals surface area contributed by atoms with Crippen molar-refractivity contribution in [1.82, 2.24) is 10.3 Å². The Kier molecular flexibility index (Phi) is 5.50. The summed E-state index contributed by atoms with van der Waals surface area (Å²) >= 11 is 6.16. The lowest BCUT2D eigenvalue weighted by molar-refractivity contribution is 0.492. The van der Waals surface area contributed by atoms with Gasteiger partial charge in [-0.25, -0.2) is 4.39 Å². The molecule has 2 rings (SSSR count). The van der Waals surface area contributed by atoms with Crippen molar-refractivity contribution in [2.45, 2.75) is 12.8 Å². The predicted molar refractivity (Wildman–Crippen MR) is 80.5 cm³/mol. The number of nitrogens with zero attached hydrogens (tertiary/aromatic N) is 1. The van der Waals surface area contributed by atoms with E-state index in [2.05, 4.69) is 10.3 Å². The van der Waals surface area contributed by atoms with E-state index in [0.717, 1.165) is 30.5 Å². The lowest BCUT2D eigenvalue weighted by Gasteiger charge is -2.17. The molecule has 20 heavy (non-hydrogen) atoms. The van der Waals surface area contributed by atoms with Crippen LogP contribution in [0.2, 0.25) is 5.02 Å². The van der Waals surface area contributed by atoms with Gasteiger partial charge in [0.25, 0.3) is 0 Å². The third kappa shape index (κ3) is 4.29. The third-order valence-corrected chi connectivity index (χ3v) is 3.64.